The predicted octanol–water partition coefficient (Wildman–Crippen LogP) is 2.43. The molecule has 1 aliphatic rings. The lowest BCUT2D eigenvalue weighted by molar-refractivity contribution is 0.628. The highest BCUT2D eigenvalue weighted by molar-refractivity contribution is 14.0. The van der Waals surface area contributed by atoms with Gasteiger partial charge in [0.15, 0.2) is 5.96 Å². The zero-order chi connectivity index (χ0) is 16.8. The predicted molar refractivity (Wildman–Crippen MR) is 111 cm³/mol. The van der Waals surface area contributed by atoms with Crippen LogP contribution in [0.25, 0.3) is 0 Å². The van der Waals surface area contributed by atoms with Crippen molar-refractivity contribution in [1.82, 2.24) is 25.4 Å². The summed E-state index contributed by atoms with van der Waals surface area (Å²) in [6.07, 6.45) is 3.94. The minimum absolute atomic E-state index is 0. The highest BCUT2D eigenvalue weighted by atomic mass is 127. The van der Waals surface area contributed by atoms with E-state index in [1.54, 1.807) is 6.33 Å². The van der Waals surface area contributed by atoms with Crippen molar-refractivity contribution in [2.75, 3.05) is 20.1 Å². The van der Waals surface area contributed by atoms with Crippen molar-refractivity contribution in [2.45, 2.75) is 32.2 Å². The van der Waals surface area contributed by atoms with E-state index in [0.717, 1.165) is 37.8 Å². The third kappa shape index (κ3) is 5.42. The molecule has 0 spiro atoms. The Hall–Kier alpha value is -1.64. The number of aryl methyl sites for hydroxylation is 1. The van der Waals surface area contributed by atoms with Crippen LogP contribution >= 0.6 is 24.0 Å². The standard InChI is InChI=1S/C18H26N6.HI/c1-3-17-23-22-13-24(17)10-9-20-18(19-2)21-12-15-11-16(15)14-7-5-4-6-8-14;/h4-8,13,15-16H,3,9-12H2,1-2H3,(H2,19,20,21);1H. The summed E-state index contributed by atoms with van der Waals surface area (Å²) in [6, 6.07) is 10.8. The Kier molecular flexibility index (Phi) is 7.67. The molecular weight excluding hydrogens is 427 g/mol. The van der Waals surface area contributed by atoms with E-state index < -0.39 is 0 Å². The highest BCUT2D eigenvalue weighted by Gasteiger charge is 2.37. The first kappa shape index (κ1) is 19.7. The summed E-state index contributed by atoms with van der Waals surface area (Å²) in [7, 11) is 1.81. The summed E-state index contributed by atoms with van der Waals surface area (Å²) in [4.78, 5) is 4.30. The Bertz CT molecular complexity index is 669. The average Bonchev–Trinajstić information content (AvgIpc) is 3.27. The van der Waals surface area contributed by atoms with Crippen LogP contribution in [0.2, 0.25) is 0 Å². The van der Waals surface area contributed by atoms with Gasteiger partial charge in [0.2, 0.25) is 0 Å². The number of hydrogen-bond donors (Lipinski definition) is 2. The Balaban J connectivity index is 0.00000225. The molecular formula is C18H27IN6. The SMILES string of the molecule is CCc1nncn1CCNC(=NC)NCC1CC1c1ccccc1.I. The number of halogens is 1. The van der Waals surface area contributed by atoms with Crippen molar-refractivity contribution in [2.24, 2.45) is 10.9 Å². The molecule has 2 atom stereocenters. The van der Waals surface area contributed by atoms with Crippen LogP contribution in [0.15, 0.2) is 41.7 Å². The molecule has 2 aromatic rings. The molecule has 1 saturated carbocycles. The minimum atomic E-state index is 0. The summed E-state index contributed by atoms with van der Waals surface area (Å²) in [5, 5.41) is 14.8. The molecule has 1 aliphatic carbocycles. The third-order valence-electron chi connectivity index (χ3n) is 4.56. The van der Waals surface area contributed by atoms with Gasteiger partial charge in [-0.3, -0.25) is 4.99 Å². The number of guanidine groups is 1. The second kappa shape index (κ2) is 9.74. The van der Waals surface area contributed by atoms with Gasteiger partial charge in [-0.05, 0) is 23.8 Å². The molecule has 136 valence electrons. The van der Waals surface area contributed by atoms with Crippen LogP contribution in [0.3, 0.4) is 0 Å². The molecule has 1 aromatic heterocycles. The van der Waals surface area contributed by atoms with Crippen LogP contribution in [0.5, 0.6) is 0 Å². The molecule has 0 bridgehead atoms. The number of benzene rings is 1. The van der Waals surface area contributed by atoms with Crippen LogP contribution in [0.4, 0.5) is 0 Å². The molecule has 1 fully saturated rings. The number of aliphatic imine (C=N–C) groups is 1. The van der Waals surface area contributed by atoms with Crippen LogP contribution in [-0.2, 0) is 13.0 Å². The van der Waals surface area contributed by atoms with Gasteiger partial charge in [-0.1, -0.05) is 37.3 Å². The molecule has 3 rings (SSSR count). The number of hydrogen-bond acceptors (Lipinski definition) is 3. The van der Waals surface area contributed by atoms with E-state index in [4.69, 9.17) is 0 Å². The zero-order valence-corrected chi connectivity index (χ0v) is 17.2. The molecule has 2 unspecified atom stereocenters. The fourth-order valence-electron chi connectivity index (χ4n) is 3.06. The Morgan fingerprint density at radius 3 is 2.80 bits per heavy atom. The van der Waals surface area contributed by atoms with Gasteiger partial charge in [0.05, 0.1) is 0 Å². The molecule has 0 radical (unpaired) electrons. The molecule has 25 heavy (non-hydrogen) atoms. The molecule has 1 aromatic carbocycles. The fraction of sp³-hybridized carbons (Fsp3) is 0.500. The largest absolute Gasteiger partial charge is 0.356 e. The van der Waals surface area contributed by atoms with Gasteiger partial charge >= 0.3 is 0 Å². The van der Waals surface area contributed by atoms with Gasteiger partial charge in [0.25, 0.3) is 0 Å². The monoisotopic (exact) mass is 454 g/mol. The fourth-order valence-corrected chi connectivity index (χ4v) is 3.06. The summed E-state index contributed by atoms with van der Waals surface area (Å²) < 4.78 is 2.08. The average molecular weight is 454 g/mol. The normalized spacial score (nSPS) is 19.2. The lowest BCUT2D eigenvalue weighted by Crippen LogP contribution is -2.39. The van der Waals surface area contributed by atoms with E-state index in [2.05, 4.69) is 67.6 Å². The van der Waals surface area contributed by atoms with Gasteiger partial charge in [-0.15, -0.1) is 34.2 Å². The number of rotatable bonds is 7. The topological polar surface area (TPSA) is 67.1 Å². The lowest BCUT2D eigenvalue weighted by Gasteiger charge is -2.12. The first-order valence-electron chi connectivity index (χ1n) is 8.68. The van der Waals surface area contributed by atoms with Crippen LogP contribution in [0, 0.1) is 5.92 Å². The van der Waals surface area contributed by atoms with Crippen molar-refractivity contribution in [3.8, 4) is 0 Å². The maximum Gasteiger partial charge on any atom is 0.191 e. The van der Waals surface area contributed by atoms with Gasteiger partial charge in [0, 0.05) is 33.1 Å². The number of nitrogens with one attached hydrogen (secondary N) is 2. The second-order valence-corrected chi connectivity index (χ2v) is 6.19. The summed E-state index contributed by atoms with van der Waals surface area (Å²) in [5.41, 5.74) is 1.45. The molecule has 2 N–H and O–H groups in total. The van der Waals surface area contributed by atoms with Crippen molar-refractivity contribution in [1.29, 1.82) is 0 Å². The molecule has 7 heteroatoms. The molecule has 0 saturated heterocycles. The first-order valence-corrected chi connectivity index (χ1v) is 8.68. The minimum Gasteiger partial charge on any atom is -0.356 e. The number of aromatic nitrogens is 3. The van der Waals surface area contributed by atoms with E-state index >= 15 is 0 Å². The highest BCUT2D eigenvalue weighted by Crippen LogP contribution is 2.46. The van der Waals surface area contributed by atoms with E-state index in [-0.39, 0.29) is 24.0 Å². The first-order chi connectivity index (χ1) is 11.8. The maximum atomic E-state index is 4.30. The zero-order valence-electron chi connectivity index (χ0n) is 14.9. The van der Waals surface area contributed by atoms with E-state index in [0.29, 0.717) is 11.8 Å². The van der Waals surface area contributed by atoms with Crippen molar-refractivity contribution in [3.05, 3.63) is 48.0 Å². The van der Waals surface area contributed by atoms with Crippen LogP contribution in [0.1, 0.15) is 30.7 Å². The summed E-state index contributed by atoms with van der Waals surface area (Å²) in [6.45, 7) is 4.70. The maximum absolute atomic E-state index is 4.30. The summed E-state index contributed by atoms with van der Waals surface area (Å²) >= 11 is 0. The van der Waals surface area contributed by atoms with Crippen molar-refractivity contribution in [3.63, 3.8) is 0 Å². The Morgan fingerprint density at radius 2 is 2.08 bits per heavy atom. The number of nitrogens with zero attached hydrogens (tertiary/aromatic N) is 4. The third-order valence-corrected chi connectivity index (χ3v) is 4.56. The molecule has 1 heterocycles. The quantitative estimate of drug-likeness (QED) is 0.383. The van der Waals surface area contributed by atoms with E-state index in [1.807, 2.05) is 7.05 Å². The second-order valence-electron chi connectivity index (χ2n) is 6.19. The van der Waals surface area contributed by atoms with Gasteiger partial charge < -0.3 is 15.2 Å². The van der Waals surface area contributed by atoms with E-state index in [9.17, 15) is 0 Å². The molecule has 6 nitrogen and oxygen atoms in total. The summed E-state index contributed by atoms with van der Waals surface area (Å²) in [5.74, 6) is 3.28. The Morgan fingerprint density at radius 1 is 1.28 bits per heavy atom. The van der Waals surface area contributed by atoms with Crippen LogP contribution in [-0.4, -0.2) is 40.9 Å². The smallest absolute Gasteiger partial charge is 0.191 e. The van der Waals surface area contributed by atoms with Crippen molar-refractivity contribution < 1.29 is 0 Å². The van der Waals surface area contributed by atoms with Gasteiger partial charge in [-0.25, -0.2) is 0 Å². The van der Waals surface area contributed by atoms with E-state index in [1.165, 1.54) is 12.0 Å². The van der Waals surface area contributed by atoms with Gasteiger partial charge in [-0.2, -0.15) is 0 Å². The van der Waals surface area contributed by atoms with Gasteiger partial charge in [0.1, 0.15) is 12.2 Å². The molecule has 0 amide bonds. The Labute approximate surface area is 166 Å². The lowest BCUT2D eigenvalue weighted by atomic mass is 10.1. The van der Waals surface area contributed by atoms with Crippen LogP contribution < -0.4 is 10.6 Å². The molecule has 0 aliphatic heterocycles. The van der Waals surface area contributed by atoms with Crippen molar-refractivity contribution >= 4 is 29.9 Å².